The van der Waals surface area contributed by atoms with Crippen molar-refractivity contribution in [2.45, 2.75) is 73.2 Å². The summed E-state index contributed by atoms with van der Waals surface area (Å²) in [6.07, 6.45) is 6.39. The molecule has 0 saturated carbocycles. The molecule has 2 unspecified atom stereocenters. The maximum atomic E-state index is 12.8. The molecule has 0 spiro atoms. The lowest BCUT2D eigenvalue weighted by atomic mass is 9.92. The van der Waals surface area contributed by atoms with Crippen LogP contribution in [0.15, 0.2) is 70.5 Å². The van der Waals surface area contributed by atoms with E-state index in [0.29, 0.717) is 54.4 Å². The lowest BCUT2D eigenvalue weighted by molar-refractivity contribution is 0.0938. The van der Waals surface area contributed by atoms with Gasteiger partial charge in [-0.25, -0.2) is 21.6 Å². The fourth-order valence-electron chi connectivity index (χ4n) is 9.10. The van der Waals surface area contributed by atoms with E-state index >= 15 is 0 Å². The largest absolute Gasteiger partial charge is 0.493 e. The van der Waals surface area contributed by atoms with Crippen molar-refractivity contribution in [3.8, 4) is 23.0 Å². The zero-order chi connectivity index (χ0) is 47.1. The van der Waals surface area contributed by atoms with Gasteiger partial charge in [0, 0.05) is 55.2 Å². The van der Waals surface area contributed by atoms with Crippen LogP contribution in [0.5, 0.6) is 23.0 Å². The molecule has 2 aliphatic heterocycles. The monoisotopic (exact) mass is 1100 g/mol. The first-order valence-corrected chi connectivity index (χ1v) is 25.9. The van der Waals surface area contributed by atoms with Crippen molar-refractivity contribution in [3.05, 3.63) is 104 Å². The Balaban J connectivity index is 0.000000295. The van der Waals surface area contributed by atoms with E-state index < -0.39 is 19.1 Å². The van der Waals surface area contributed by atoms with Gasteiger partial charge in [-0.15, -0.1) is 37.2 Å². The fourth-order valence-corrected chi connectivity index (χ4v) is 12.2. The lowest BCUT2D eigenvalue weighted by Crippen LogP contribution is -2.35. The van der Waals surface area contributed by atoms with E-state index in [1.165, 1.54) is 29.3 Å². The molecule has 0 amide bonds. The van der Waals surface area contributed by atoms with E-state index in [1.54, 1.807) is 58.8 Å². The third-order valence-corrected chi connectivity index (χ3v) is 15.9. The normalized spacial score (nSPS) is 16.8. The van der Waals surface area contributed by atoms with Gasteiger partial charge in [-0.1, -0.05) is 47.5 Å². The minimum atomic E-state index is -3.69. The molecule has 2 heterocycles. The number of benzene rings is 4. The van der Waals surface area contributed by atoms with Crippen LogP contribution in [-0.2, 0) is 31.9 Å². The van der Waals surface area contributed by atoms with Crippen molar-refractivity contribution in [1.82, 2.24) is 14.5 Å². The smallest absolute Gasteiger partial charge is 0.262 e. The van der Waals surface area contributed by atoms with Gasteiger partial charge in [0.1, 0.15) is 9.79 Å². The molecule has 0 aromatic heterocycles. The highest BCUT2D eigenvalue weighted by atomic mass is 35.7. The minimum Gasteiger partial charge on any atom is -0.493 e. The van der Waals surface area contributed by atoms with Crippen LogP contribution < -0.4 is 29.4 Å². The van der Waals surface area contributed by atoms with Gasteiger partial charge in [0.05, 0.1) is 49.6 Å². The summed E-state index contributed by atoms with van der Waals surface area (Å²) in [6.45, 7) is 4.69. The highest BCUT2D eigenvalue weighted by molar-refractivity contribution is 8.13. The van der Waals surface area contributed by atoms with Crippen molar-refractivity contribution in [2.75, 3.05) is 67.7 Å². The number of nitrogens with two attached hydrogens (primary N) is 1. The van der Waals surface area contributed by atoms with E-state index in [-0.39, 0.29) is 80.7 Å². The molecule has 0 fully saturated rings. The van der Waals surface area contributed by atoms with E-state index in [4.69, 9.17) is 58.6 Å². The molecule has 2 atom stereocenters. The number of nitrogens with one attached hydrogen (secondary N) is 1. The number of hydrogen-bond donors (Lipinski definition) is 2. The Bertz CT molecular complexity index is 2630. The average Bonchev–Trinajstić information content (AvgIpc) is 3.82. The third kappa shape index (κ3) is 13.2. The Morgan fingerprint density at radius 1 is 0.647 bits per heavy atom. The van der Waals surface area contributed by atoms with E-state index in [0.717, 1.165) is 81.5 Å². The van der Waals surface area contributed by atoms with Gasteiger partial charge in [0.25, 0.3) is 9.05 Å². The first-order valence-electron chi connectivity index (χ1n) is 21.3. The Morgan fingerprint density at radius 3 is 1.46 bits per heavy atom. The number of methoxy groups -OCH3 is 4. The number of nitrogens with zero attached hydrogens (tertiary/aromatic N) is 2. The predicted molar refractivity (Wildman–Crippen MR) is 273 cm³/mol. The van der Waals surface area contributed by atoms with E-state index in [1.807, 2.05) is 12.1 Å². The van der Waals surface area contributed by atoms with Crippen LogP contribution in [0.25, 0.3) is 0 Å². The topological polar surface area (TPSA) is 184 Å². The SMILES string of the molecule is COc1cc2c3c(c1OC)C(=O)CC3N(CCCCN)CC2.COc1cc2c3c(c1OC)C(=O)CC3N(CCCCNS(=O)(=O)c1ccccc1Cl)CC2.Cl.Cl.Cl.O=S(=O)(Cl)c1ccccc1Cl. The summed E-state index contributed by atoms with van der Waals surface area (Å²) in [4.78, 5) is 30.2. The second kappa shape index (κ2) is 26.4. The quantitative estimate of drug-likeness (QED) is 0.0801. The molecule has 4 aromatic carbocycles. The Kier molecular flexibility index (Phi) is 23.0. The van der Waals surface area contributed by atoms with Gasteiger partial charge < -0.3 is 24.7 Å². The summed E-state index contributed by atoms with van der Waals surface area (Å²) >= 11 is 11.6. The van der Waals surface area contributed by atoms with Crippen molar-refractivity contribution in [1.29, 1.82) is 0 Å². The molecule has 0 saturated heterocycles. The van der Waals surface area contributed by atoms with Gasteiger partial charge >= 0.3 is 0 Å². The number of unbranched alkanes of at least 4 members (excludes halogenated alkanes) is 2. The van der Waals surface area contributed by atoms with Gasteiger partial charge in [-0.05, 0) is 117 Å². The minimum absolute atomic E-state index is 0. The van der Waals surface area contributed by atoms with Crippen LogP contribution >= 0.6 is 71.1 Å². The molecular weight excluding hydrogens is 1050 g/mol. The molecular formula is C46H58Cl6N4O10S2. The fraction of sp³-hybridized carbons (Fsp3) is 0.435. The standard InChI is InChI=1S/C23H27ClN2O5S.C17H24N2O3.C6H4Cl2O2S.3ClH/c1-30-19-13-15-9-12-26(17-14-18(27)22(21(15)17)23(19)31-2)11-6-5-10-25-32(28,29)20-8-4-3-7-16(20)24;1-21-14-9-11-5-8-19(7-4-3-6-18)12-10-13(20)16(15(11)12)17(14)22-2;7-5-3-1-2-4-6(5)11(8,9)10;;;/h3-4,7-8,13,17,25H,5-6,9-12,14H2,1-2H3;9,12H,3-8,10,18H2,1-2H3;1-4H;3*1H. The van der Waals surface area contributed by atoms with Crippen LogP contribution in [0.3, 0.4) is 0 Å². The molecule has 0 bridgehead atoms. The zero-order valence-electron chi connectivity index (χ0n) is 38.1. The van der Waals surface area contributed by atoms with Gasteiger partial charge in [-0.3, -0.25) is 19.4 Å². The van der Waals surface area contributed by atoms with E-state index in [9.17, 15) is 26.4 Å². The molecule has 2 aliphatic carbocycles. The first kappa shape index (κ1) is 59.2. The van der Waals surface area contributed by atoms with Crippen molar-refractivity contribution >= 4 is 102 Å². The summed E-state index contributed by atoms with van der Waals surface area (Å²) in [5.74, 6) is 2.65. The number of Topliss-reactive ketones (excluding diaryl/α,β-unsaturated/α-hetero) is 2. The maximum absolute atomic E-state index is 12.8. The number of ketones is 2. The van der Waals surface area contributed by atoms with Gasteiger partial charge in [-0.2, -0.15) is 0 Å². The summed E-state index contributed by atoms with van der Waals surface area (Å²) in [7, 11) is 4.10. The van der Waals surface area contributed by atoms with Crippen LogP contribution in [-0.4, -0.2) is 106 Å². The number of halogens is 6. The van der Waals surface area contributed by atoms with Gasteiger partial charge in [0.2, 0.25) is 10.0 Å². The summed E-state index contributed by atoms with van der Waals surface area (Å²) in [5, 5.41) is 0.350. The van der Waals surface area contributed by atoms with Crippen LogP contribution in [0.2, 0.25) is 10.0 Å². The summed E-state index contributed by atoms with van der Waals surface area (Å²) in [5.41, 5.74) is 11.6. The van der Waals surface area contributed by atoms with Crippen molar-refractivity contribution in [2.24, 2.45) is 5.73 Å². The number of carbonyl (C=O) groups is 2. The number of rotatable bonds is 16. The molecule has 3 N–H and O–H groups in total. The molecule has 4 aliphatic rings. The van der Waals surface area contributed by atoms with Crippen LogP contribution in [0.4, 0.5) is 0 Å². The first-order chi connectivity index (χ1) is 31.1. The number of sulfonamides is 1. The zero-order valence-corrected chi connectivity index (χ0v) is 44.4. The predicted octanol–water partition coefficient (Wildman–Crippen LogP) is 9.06. The summed E-state index contributed by atoms with van der Waals surface area (Å²) < 4.78 is 70.8. The average molecular weight is 1100 g/mol. The Labute approximate surface area is 432 Å². The lowest BCUT2D eigenvalue weighted by Gasteiger charge is -2.35. The van der Waals surface area contributed by atoms with Crippen LogP contribution in [0, 0.1) is 0 Å². The van der Waals surface area contributed by atoms with E-state index in [2.05, 4.69) is 14.5 Å². The second-order valence-corrected chi connectivity index (χ2v) is 21.0. The second-order valence-electron chi connectivity index (χ2n) is 15.9. The molecule has 0 radical (unpaired) electrons. The number of hydrogen-bond acceptors (Lipinski definition) is 13. The van der Waals surface area contributed by atoms with Crippen molar-refractivity contribution in [3.63, 3.8) is 0 Å². The molecule has 376 valence electrons. The van der Waals surface area contributed by atoms with Crippen LogP contribution in [0.1, 0.15) is 93.6 Å². The highest BCUT2D eigenvalue weighted by Gasteiger charge is 2.42. The van der Waals surface area contributed by atoms with Gasteiger partial charge in [0.15, 0.2) is 34.6 Å². The number of carbonyl (C=O) groups excluding carboxylic acids is 2. The maximum Gasteiger partial charge on any atom is 0.262 e. The summed E-state index contributed by atoms with van der Waals surface area (Å²) in [6, 6.07) is 16.7. The molecule has 22 heteroatoms. The molecule has 8 rings (SSSR count). The molecule has 14 nitrogen and oxygen atoms in total. The molecule has 68 heavy (non-hydrogen) atoms. The Morgan fingerprint density at radius 2 is 1.07 bits per heavy atom. The molecule has 4 aromatic rings. The van der Waals surface area contributed by atoms with Crippen molar-refractivity contribution < 1.29 is 45.4 Å². The Hall–Kier alpha value is -3.10. The number of ether oxygens (including phenoxy) is 4. The third-order valence-electron chi connectivity index (χ3n) is 12.1. The highest BCUT2D eigenvalue weighted by Crippen LogP contribution is 2.50.